The van der Waals surface area contributed by atoms with E-state index in [0.29, 0.717) is 0 Å². The fourth-order valence-electron chi connectivity index (χ4n) is 0.866. The maximum Gasteiger partial charge on any atom is 0.126 e. The van der Waals surface area contributed by atoms with Crippen LogP contribution in [0.25, 0.3) is 0 Å². The molecule has 1 heterocycles. The molecule has 0 fully saturated rings. The maximum absolute atomic E-state index is 6.03. The standard InChI is InChI=1S/C10H15ClN2/c1-8(11)10(2,3)13-9-6-4-5-7-12-9/h4-8H,1-3H3,(H,12,13). The van der Waals surface area contributed by atoms with Gasteiger partial charge in [0.25, 0.3) is 0 Å². The molecule has 2 nitrogen and oxygen atoms in total. The van der Waals surface area contributed by atoms with Gasteiger partial charge in [0, 0.05) is 11.7 Å². The average molecular weight is 199 g/mol. The van der Waals surface area contributed by atoms with Crippen LogP contribution < -0.4 is 5.32 Å². The summed E-state index contributed by atoms with van der Waals surface area (Å²) in [5.41, 5.74) is -0.143. The number of hydrogen-bond donors (Lipinski definition) is 1. The van der Waals surface area contributed by atoms with Gasteiger partial charge in [-0.25, -0.2) is 4.98 Å². The van der Waals surface area contributed by atoms with Crippen molar-refractivity contribution in [2.75, 3.05) is 5.32 Å². The van der Waals surface area contributed by atoms with Gasteiger partial charge >= 0.3 is 0 Å². The van der Waals surface area contributed by atoms with Gasteiger partial charge < -0.3 is 5.32 Å². The first-order chi connectivity index (χ1) is 6.02. The minimum absolute atomic E-state index is 0.0505. The van der Waals surface area contributed by atoms with Gasteiger partial charge in [0.05, 0.1) is 5.38 Å². The maximum atomic E-state index is 6.03. The fraction of sp³-hybridized carbons (Fsp3) is 0.500. The van der Waals surface area contributed by atoms with Gasteiger partial charge in [-0.3, -0.25) is 0 Å². The van der Waals surface area contributed by atoms with Gasteiger partial charge in [0.2, 0.25) is 0 Å². The molecule has 1 aromatic rings. The highest BCUT2D eigenvalue weighted by Crippen LogP contribution is 2.19. The molecule has 0 aliphatic carbocycles. The van der Waals surface area contributed by atoms with Gasteiger partial charge in [-0.2, -0.15) is 0 Å². The monoisotopic (exact) mass is 198 g/mol. The molecule has 0 radical (unpaired) electrons. The lowest BCUT2D eigenvalue weighted by Crippen LogP contribution is -2.39. The van der Waals surface area contributed by atoms with E-state index in [2.05, 4.69) is 24.1 Å². The van der Waals surface area contributed by atoms with Crippen molar-refractivity contribution in [1.82, 2.24) is 4.98 Å². The summed E-state index contributed by atoms with van der Waals surface area (Å²) >= 11 is 6.03. The largest absolute Gasteiger partial charge is 0.364 e. The summed E-state index contributed by atoms with van der Waals surface area (Å²) < 4.78 is 0. The summed E-state index contributed by atoms with van der Waals surface area (Å²) in [7, 11) is 0. The molecule has 0 amide bonds. The van der Waals surface area contributed by atoms with Gasteiger partial charge in [-0.1, -0.05) is 6.07 Å². The van der Waals surface area contributed by atoms with Crippen molar-refractivity contribution in [1.29, 1.82) is 0 Å². The van der Waals surface area contributed by atoms with E-state index >= 15 is 0 Å². The van der Waals surface area contributed by atoms with E-state index < -0.39 is 0 Å². The number of anilines is 1. The third-order valence-electron chi connectivity index (χ3n) is 2.11. The molecule has 0 bridgehead atoms. The molecule has 1 rings (SSSR count). The number of rotatable bonds is 3. The van der Waals surface area contributed by atoms with E-state index in [1.54, 1.807) is 6.20 Å². The minimum atomic E-state index is -0.143. The molecule has 0 spiro atoms. The Morgan fingerprint density at radius 2 is 2.15 bits per heavy atom. The van der Waals surface area contributed by atoms with Crippen molar-refractivity contribution in [2.24, 2.45) is 0 Å². The number of nitrogens with one attached hydrogen (secondary N) is 1. The summed E-state index contributed by atoms with van der Waals surface area (Å²) in [5.74, 6) is 0.861. The van der Waals surface area contributed by atoms with Crippen LogP contribution >= 0.6 is 11.6 Å². The lowest BCUT2D eigenvalue weighted by Gasteiger charge is -2.29. The highest BCUT2D eigenvalue weighted by molar-refractivity contribution is 6.21. The van der Waals surface area contributed by atoms with Crippen LogP contribution in [0.2, 0.25) is 0 Å². The summed E-state index contributed by atoms with van der Waals surface area (Å²) in [6.45, 7) is 6.08. The normalized spacial score (nSPS) is 13.8. The number of alkyl halides is 1. The van der Waals surface area contributed by atoms with Crippen LogP contribution in [0.15, 0.2) is 24.4 Å². The van der Waals surface area contributed by atoms with Crippen molar-refractivity contribution in [2.45, 2.75) is 31.7 Å². The number of nitrogens with zero attached hydrogens (tertiary/aromatic N) is 1. The summed E-state index contributed by atoms with van der Waals surface area (Å²) in [6.07, 6.45) is 1.76. The molecule has 1 atom stereocenters. The van der Waals surface area contributed by atoms with E-state index in [-0.39, 0.29) is 10.9 Å². The Bertz CT molecular complexity index is 257. The third-order valence-corrected chi connectivity index (χ3v) is 2.66. The fourth-order valence-corrected chi connectivity index (χ4v) is 0.921. The smallest absolute Gasteiger partial charge is 0.126 e. The molecule has 0 saturated heterocycles. The van der Waals surface area contributed by atoms with Crippen molar-refractivity contribution in [3.63, 3.8) is 0 Å². The van der Waals surface area contributed by atoms with Crippen LogP contribution in [-0.4, -0.2) is 15.9 Å². The second kappa shape index (κ2) is 3.97. The number of halogens is 1. The van der Waals surface area contributed by atoms with Crippen LogP contribution in [0, 0.1) is 0 Å². The first-order valence-corrected chi connectivity index (χ1v) is 4.79. The summed E-state index contributed by atoms with van der Waals surface area (Å²) in [6, 6.07) is 5.77. The molecule has 0 aliphatic rings. The summed E-state index contributed by atoms with van der Waals surface area (Å²) in [4.78, 5) is 4.18. The molecule has 0 saturated carbocycles. The second-order valence-corrected chi connectivity index (χ2v) is 4.33. The topological polar surface area (TPSA) is 24.9 Å². The second-order valence-electron chi connectivity index (χ2n) is 3.68. The molecule has 0 aromatic carbocycles. The van der Waals surface area contributed by atoms with E-state index in [4.69, 9.17) is 11.6 Å². The molecule has 3 heteroatoms. The Balaban J connectivity index is 2.69. The number of pyridine rings is 1. The highest BCUT2D eigenvalue weighted by atomic mass is 35.5. The SMILES string of the molecule is CC(Cl)C(C)(C)Nc1ccccn1. The molecule has 1 unspecified atom stereocenters. The molecule has 1 N–H and O–H groups in total. The van der Waals surface area contributed by atoms with Gasteiger partial charge in [0.15, 0.2) is 0 Å². The average Bonchev–Trinajstić information content (AvgIpc) is 2.05. The first-order valence-electron chi connectivity index (χ1n) is 4.35. The van der Waals surface area contributed by atoms with Crippen LogP contribution in [0.3, 0.4) is 0 Å². The minimum Gasteiger partial charge on any atom is -0.364 e. The lowest BCUT2D eigenvalue weighted by atomic mass is 10.0. The Kier molecular flexibility index (Phi) is 3.15. The van der Waals surface area contributed by atoms with Crippen molar-refractivity contribution in [3.8, 4) is 0 Å². The van der Waals surface area contributed by atoms with Gasteiger partial charge in [-0.05, 0) is 32.9 Å². The molecule has 72 valence electrons. The summed E-state index contributed by atoms with van der Waals surface area (Å²) in [5, 5.41) is 3.33. The Morgan fingerprint density at radius 3 is 2.62 bits per heavy atom. The highest BCUT2D eigenvalue weighted by Gasteiger charge is 2.23. The molecule has 0 aliphatic heterocycles. The molecular weight excluding hydrogens is 184 g/mol. The van der Waals surface area contributed by atoms with Crippen LogP contribution in [0.4, 0.5) is 5.82 Å². The third kappa shape index (κ3) is 2.88. The van der Waals surface area contributed by atoms with E-state index in [0.717, 1.165) is 5.82 Å². The quantitative estimate of drug-likeness (QED) is 0.756. The molecule has 1 aromatic heterocycles. The Morgan fingerprint density at radius 1 is 1.46 bits per heavy atom. The van der Waals surface area contributed by atoms with Crippen LogP contribution in [0.1, 0.15) is 20.8 Å². The first kappa shape index (κ1) is 10.3. The zero-order valence-corrected chi connectivity index (χ0v) is 8.97. The van der Waals surface area contributed by atoms with Gasteiger partial charge in [-0.15, -0.1) is 11.6 Å². The number of aromatic nitrogens is 1. The van der Waals surface area contributed by atoms with E-state index in [9.17, 15) is 0 Å². The lowest BCUT2D eigenvalue weighted by molar-refractivity contribution is 0.552. The Hall–Kier alpha value is -0.760. The van der Waals surface area contributed by atoms with Crippen LogP contribution in [-0.2, 0) is 0 Å². The molecular formula is C10H15ClN2. The van der Waals surface area contributed by atoms with Crippen molar-refractivity contribution in [3.05, 3.63) is 24.4 Å². The predicted octanol–water partition coefficient (Wildman–Crippen LogP) is 2.90. The van der Waals surface area contributed by atoms with E-state index in [1.807, 2.05) is 25.1 Å². The number of hydrogen-bond acceptors (Lipinski definition) is 2. The van der Waals surface area contributed by atoms with Crippen LogP contribution in [0.5, 0.6) is 0 Å². The van der Waals surface area contributed by atoms with Crippen molar-refractivity contribution < 1.29 is 0 Å². The van der Waals surface area contributed by atoms with Gasteiger partial charge in [0.1, 0.15) is 5.82 Å². The Labute approximate surface area is 84.3 Å². The molecule has 13 heavy (non-hydrogen) atoms. The van der Waals surface area contributed by atoms with Crippen molar-refractivity contribution >= 4 is 17.4 Å². The zero-order valence-electron chi connectivity index (χ0n) is 8.21. The van der Waals surface area contributed by atoms with E-state index in [1.165, 1.54) is 0 Å². The predicted molar refractivity (Wildman–Crippen MR) is 57.3 cm³/mol. The zero-order chi connectivity index (χ0) is 9.90.